The summed E-state index contributed by atoms with van der Waals surface area (Å²) < 4.78 is 32.3. The van der Waals surface area contributed by atoms with E-state index in [9.17, 15) is 18.0 Å². The normalized spacial score (nSPS) is 11.9. The lowest BCUT2D eigenvalue weighted by Crippen LogP contribution is -2.33. The van der Waals surface area contributed by atoms with Crippen LogP contribution in [0.25, 0.3) is 0 Å². The highest BCUT2D eigenvalue weighted by atomic mass is 32.2. The van der Waals surface area contributed by atoms with Crippen LogP contribution in [0.15, 0.2) is 29.2 Å². The molecule has 0 saturated heterocycles. The van der Waals surface area contributed by atoms with Gasteiger partial charge in [0.25, 0.3) is 5.91 Å². The van der Waals surface area contributed by atoms with E-state index in [1.807, 2.05) is 34.6 Å². The number of nitrogens with zero attached hydrogens (tertiary/aromatic N) is 1. The largest absolute Gasteiger partial charge is 0.444 e. The van der Waals surface area contributed by atoms with Crippen LogP contribution >= 0.6 is 0 Å². The van der Waals surface area contributed by atoms with E-state index in [2.05, 4.69) is 10.6 Å². The third-order valence-corrected chi connectivity index (χ3v) is 6.67. The van der Waals surface area contributed by atoms with Gasteiger partial charge in [0.2, 0.25) is 10.0 Å². The van der Waals surface area contributed by atoms with Crippen LogP contribution in [0.3, 0.4) is 0 Å². The Morgan fingerprint density at radius 1 is 0.879 bits per heavy atom. The number of carbonyl (C=O) groups excluding carboxylic acids is 2. The van der Waals surface area contributed by atoms with Gasteiger partial charge in [-0.1, -0.05) is 26.7 Å². The van der Waals surface area contributed by atoms with Crippen LogP contribution < -0.4 is 10.6 Å². The number of carbonyl (C=O) groups is 2. The minimum absolute atomic E-state index is 0.209. The molecule has 0 spiro atoms. The summed E-state index contributed by atoms with van der Waals surface area (Å²) in [4.78, 5) is 24.1. The minimum Gasteiger partial charge on any atom is -0.444 e. The number of rotatable bonds is 14. The van der Waals surface area contributed by atoms with E-state index >= 15 is 0 Å². The van der Waals surface area contributed by atoms with Gasteiger partial charge in [-0.2, -0.15) is 4.31 Å². The second-order valence-corrected chi connectivity index (χ2v) is 11.0. The molecule has 0 bridgehead atoms. The molecule has 8 nitrogen and oxygen atoms in total. The summed E-state index contributed by atoms with van der Waals surface area (Å²) in [6.07, 6.45) is 4.63. The summed E-state index contributed by atoms with van der Waals surface area (Å²) in [7, 11) is -3.55. The average Bonchev–Trinajstić information content (AvgIpc) is 2.74. The Morgan fingerprint density at radius 2 is 1.39 bits per heavy atom. The van der Waals surface area contributed by atoms with Crippen molar-refractivity contribution in [1.82, 2.24) is 14.9 Å². The van der Waals surface area contributed by atoms with Crippen molar-refractivity contribution in [1.29, 1.82) is 0 Å². The van der Waals surface area contributed by atoms with Crippen LogP contribution in [0.2, 0.25) is 0 Å². The topological polar surface area (TPSA) is 105 Å². The number of alkyl carbamates (subject to hydrolysis) is 1. The molecular weight excluding hydrogens is 442 g/mol. The maximum Gasteiger partial charge on any atom is 0.407 e. The van der Waals surface area contributed by atoms with Crippen LogP contribution in [0.4, 0.5) is 4.79 Å². The summed E-state index contributed by atoms with van der Waals surface area (Å²) in [6, 6.07) is 6.11. The van der Waals surface area contributed by atoms with E-state index in [0.717, 1.165) is 38.5 Å². The van der Waals surface area contributed by atoms with Gasteiger partial charge in [-0.15, -0.1) is 0 Å². The zero-order valence-corrected chi connectivity index (χ0v) is 21.6. The lowest BCUT2D eigenvalue weighted by atomic mass is 10.2. The molecular formula is C24H41N3O5S. The molecule has 0 atom stereocenters. The third kappa shape index (κ3) is 11.0. The van der Waals surface area contributed by atoms with Crippen molar-refractivity contribution < 1.29 is 22.7 Å². The molecule has 0 saturated carbocycles. The van der Waals surface area contributed by atoms with Gasteiger partial charge in [0.1, 0.15) is 5.60 Å². The second-order valence-electron chi connectivity index (χ2n) is 9.03. The maximum atomic E-state index is 12.8. The number of hydrogen-bond donors (Lipinski definition) is 2. The number of amides is 2. The van der Waals surface area contributed by atoms with Crippen molar-refractivity contribution in [2.24, 2.45) is 0 Å². The second kappa shape index (κ2) is 14.2. The lowest BCUT2D eigenvalue weighted by molar-refractivity contribution is 0.0526. The fraction of sp³-hybridized carbons (Fsp3) is 0.667. The Hall–Kier alpha value is -2.13. The number of sulfonamides is 1. The van der Waals surface area contributed by atoms with Gasteiger partial charge in [-0.3, -0.25) is 4.79 Å². The van der Waals surface area contributed by atoms with Crippen LogP contribution in [0.1, 0.15) is 83.5 Å². The molecule has 2 amide bonds. The van der Waals surface area contributed by atoms with E-state index in [1.165, 1.54) is 16.4 Å². The molecule has 0 aliphatic carbocycles. The highest BCUT2D eigenvalue weighted by molar-refractivity contribution is 7.89. The summed E-state index contributed by atoms with van der Waals surface area (Å²) in [5.41, 5.74) is -0.0607. The van der Waals surface area contributed by atoms with E-state index in [-0.39, 0.29) is 10.8 Å². The molecule has 0 aliphatic rings. The van der Waals surface area contributed by atoms with Gasteiger partial charge < -0.3 is 15.4 Å². The van der Waals surface area contributed by atoms with E-state index in [4.69, 9.17) is 4.74 Å². The molecule has 1 rings (SSSR count). The number of ether oxygens (including phenoxy) is 1. The molecule has 0 unspecified atom stereocenters. The van der Waals surface area contributed by atoms with Gasteiger partial charge >= 0.3 is 6.09 Å². The first-order chi connectivity index (χ1) is 15.5. The van der Waals surface area contributed by atoms with Crippen molar-refractivity contribution in [2.75, 3.05) is 26.2 Å². The molecule has 2 N–H and O–H groups in total. The third-order valence-electron chi connectivity index (χ3n) is 4.76. The molecule has 1 aromatic carbocycles. The Kier molecular flexibility index (Phi) is 12.4. The van der Waals surface area contributed by atoms with Crippen LogP contribution in [-0.4, -0.2) is 56.5 Å². The minimum atomic E-state index is -3.55. The maximum absolute atomic E-state index is 12.8. The van der Waals surface area contributed by atoms with E-state index in [1.54, 1.807) is 12.1 Å². The smallest absolute Gasteiger partial charge is 0.407 e. The number of hydrogen-bond acceptors (Lipinski definition) is 5. The summed E-state index contributed by atoms with van der Waals surface area (Å²) in [5.74, 6) is -0.218. The SMILES string of the molecule is CCCN(CCC)S(=O)(=O)c1ccc(C(=O)NCCCCCCNC(=O)OC(C)(C)C)cc1. The van der Waals surface area contributed by atoms with Crippen molar-refractivity contribution in [2.45, 2.75) is 83.6 Å². The molecule has 9 heteroatoms. The fourth-order valence-electron chi connectivity index (χ4n) is 3.19. The molecule has 0 aliphatic heterocycles. The van der Waals surface area contributed by atoms with E-state index in [0.29, 0.717) is 31.7 Å². The first-order valence-corrected chi connectivity index (χ1v) is 13.3. The predicted octanol–water partition coefficient (Wildman–Crippen LogP) is 4.31. The molecule has 188 valence electrons. The van der Waals surface area contributed by atoms with Crippen molar-refractivity contribution >= 4 is 22.0 Å². The van der Waals surface area contributed by atoms with Crippen LogP contribution in [0, 0.1) is 0 Å². The van der Waals surface area contributed by atoms with Gasteiger partial charge in [-0.25, -0.2) is 13.2 Å². The molecule has 33 heavy (non-hydrogen) atoms. The highest BCUT2D eigenvalue weighted by Gasteiger charge is 2.23. The Labute approximate surface area is 199 Å². The standard InChI is InChI=1S/C24H41N3O5S/c1-6-18-27(19-7-2)33(30,31)21-14-12-20(13-15-21)22(28)25-16-10-8-9-11-17-26-23(29)32-24(3,4)5/h12-15H,6-11,16-19H2,1-5H3,(H,25,28)(H,26,29). The number of unbranched alkanes of at least 4 members (excludes halogenated alkanes) is 3. The lowest BCUT2D eigenvalue weighted by Gasteiger charge is -2.21. The van der Waals surface area contributed by atoms with Gasteiger partial charge in [0, 0.05) is 31.7 Å². The summed E-state index contributed by atoms with van der Waals surface area (Å²) in [5, 5.41) is 5.60. The molecule has 0 heterocycles. The van der Waals surface area contributed by atoms with Gasteiger partial charge in [0.05, 0.1) is 4.90 Å². The van der Waals surface area contributed by atoms with E-state index < -0.39 is 21.7 Å². The Bertz CT molecular complexity index is 827. The van der Waals surface area contributed by atoms with Crippen molar-refractivity contribution in [3.05, 3.63) is 29.8 Å². The Balaban J connectivity index is 2.36. The highest BCUT2D eigenvalue weighted by Crippen LogP contribution is 2.17. The van der Waals surface area contributed by atoms with Gasteiger partial charge in [0.15, 0.2) is 0 Å². The molecule has 0 aromatic heterocycles. The van der Waals surface area contributed by atoms with Gasteiger partial charge in [-0.05, 0) is 70.7 Å². The van der Waals surface area contributed by atoms with Crippen LogP contribution in [-0.2, 0) is 14.8 Å². The first-order valence-electron chi connectivity index (χ1n) is 11.9. The monoisotopic (exact) mass is 483 g/mol. The predicted molar refractivity (Wildman–Crippen MR) is 131 cm³/mol. The van der Waals surface area contributed by atoms with Crippen LogP contribution in [0.5, 0.6) is 0 Å². The number of nitrogens with one attached hydrogen (secondary N) is 2. The zero-order chi connectivity index (χ0) is 24.9. The van der Waals surface area contributed by atoms with Crippen molar-refractivity contribution in [3.63, 3.8) is 0 Å². The molecule has 0 radical (unpaired) electrons. The quantitative estimate of drug-likeness (QED) is 0.384. The molecule has 0 fully saturated rings. The summed E-state index contributed by atoms with van der Waals surface area (Å²) in [6.45, 7) is 11.4. The Morgan fingerprint density at radius 3 is 1.88 bits per heavy atom. The summed E-state index contributed by atoms with van der Waals surface area (Å²) >= 11 is 0. The van der Waals surface area contributed by atoms with Crippen molar-refractivity contribution in [3.8, 4) is 0 Å². The average molecular weight is 484 g/mol. The molecule has 1 aromatic rings. The first kappa shape index (κ1) is 28.9. The number of benzene rings is 1. The zero-order valence-electron chi connectivity index (χ0n) is 20.8. The fourth-order valence-corrected chi connectivity index (χ4v) is 4.81.